The van der Waals surface area contributed by atoms with Gasteiger partial charge in [0.15, 0.2) is 0 Å². The monoisotopic (exact) mass is 232 g/mol. The molecule has 4 atom stereocenters. The highest BCUT2D eigenvalue weighted by Crippen LogP contribution is 2.57. The molecule has 1 heterocycles. The van der Waals surface area contributed by atoms with E-state index in [1.807, 2.05) is 0 Å². The summed E-state index contributed by atoms with van der Waals surface area (Å²) in [7, 11) is 0. The van der Waals surface area contributed by atoms with Crippen LogP contribution >= 0.6 is 0 Å². The van der Waals surface area contributed by atoms with E-state index in [-0.39, 0.29) is 18.0 Å². The second kappa shape index (κ2) is 3.47. The van der Waals surface area contributed by atoms with E-state index in [2.05, 4.69) is 20.1 Å². The summed E-state index contributed by atoms with van der Waals surface area (Å²) in [6.45, 7) is 10.5. The minimum Gasteiger partial charge on any atom is -0.458 e. The van der Waals surface area contributed by atoms with E-state index in [9.17, 15) is 4.79 Å². The minimum atomic E-state index is -0.178. The van der Waals surface area contributed by atoms with Crippen molar-refractivity contribution in [2.24, 2.45) is 17.3 Å². The van der Waals surface area contributed by atoms with E-state index < -0.39 is 0 Å². The van der Waals surface area contributed by atoms with Crippen LogP contribution in [0.5, 0.6) is 0 Å². The summed E-state index contributed by atoms with van der Waals surface area (Å²) in [5.41, 5.74) is 2.27. The van der Waals surface area contributed by atoms with Crippen LogP contribution in [0.3, 0.4) is 0 Å². The number of hydrogen-bond donors (Lipinski definition) is 0. The van der Waals surface area contributed by atoms with Gasteiger partial charge in [0.05, 0.1) is 0 Å². The number of esters is 1. The molecule has 0 bridgehead atoms. The van der Waals surface area contributed by atoms with Gasteiger partial charge in [-0.25, -0.2) is 4.79 Å². The molecule has 0 aromatic rings. The maximum absolute atomic E-state index is 11.7. The van der Waals surface area contributed by atoms with Crippen LogP contribution in [0, 0.1) is 17.3 Å². The Labute approximate surface area is 103 Å². The SMILES string of the molecule is C=C1C(=O)O[C@@H]2[C@@H]1CC[C@@]1(C)CCCC(=C)[C@@H]21. The van der Waals surface area contributed by atoms with Gasteiger partial charge in [-0.15, -0.1) is 0 Å². The lowest BCUT2D eigenvalue weighted by Crippen LogP contribution is -2.46. The minimum absolute atomic E-state index is 0.0292. The molecule has 0 aromatic carbocycles. The first-order valence-corrected chi connectivity index (χ1v) is 6.60. The van der Waals surface area contributed by atoms with Crippen molar-refractivity contribution in [3.05, 3.63) is 24.3 Å². The number of carbonyl (C=O) groups excluding carboxylic acids is 1. The first-order chi connectivity index (χ1) is 8.03. The Morgan fingerprint density at radius 1 is 1.35 bits per heavy atom. The standard InChI is InChI=1S/C15H20O2/c1-9-5-4-7-15(3)8-6-11-10(2)14(16)17-13(11)12(9)15/h11-13H,1-2,4-8H2,3H3/t11-,12+,13-,15-/m1/s1. The molecule has 2 nitrogen and oxygen atoms in total. The van der Waals surface area contributed by atoms with E-state index in [0.29, 0.717) is 16.9 Å². The van der Waals surface area contributed by atoms with Gasteiger partial charge in [-0.1, -0.05) is 25.7 Å². The molecule has 1 saturated heterocycles. The molecule has 3 aliphatic rings. The van der Waals surface area contributed by atoms with Gasteiger partial charge in [0.2, 0.25) is 0 Å². The summed E-state index contributed by atoms with van der Waals surface area (Å²) in [6, 6.07) is 0. The Bertz CT molecular complexity index is 409. The molecule has 0 spiro atoms. The molecule has 2 heteroatoms. The molecule has 0 radical (unpaired) electrons. The van der Waals surface area contributed by atoms with E-state index in [1.54, 1.807) is 0 Å². The van der Waals surface area contributed by atoms with E-state index in [4.69, 9.17) is 4.74 Å². The summed E-state index contributed by atoms with van der Waals surface area (Å²) in [4.78, 5) is 11.7. The molecule has 92 valence electrons. The highest BCUT2D eigenvalue weighted by molar-refractivity contribution is 5.91. The lowest BCUT2D eigenvalue weighted by atomic mass is 9.55. The summed E-state index contributed by atoms with van der Waals surface area (Å²) < 4.78 is 5.58. The molecule has 17 heavy (non-hydrogen) atoms. The van der Waals surface area contributed by atoms with Crippen molar-refractivity contribution in [1.82, 2.24) is 0 Å². The first-order valence-electron chi connectivity index (χ1n) is 6.60. The van der Waals surface area contributed by atoms with Crippen LogP contribution in [0.1, 0.15) is 39.0 Å². The van der Waals surface area contributed by atoms with Crippen LogP contribution < -0.4 is 0 Å². The van der Waals surface area contributed by atoms with Crippen LogP contribution in [-0.2, 0) is 9.53 Å². The lowest BCUT2D eigenvalue weighted by Gasteiger charge is -2.50. The zero-order valence-corrected chi connectivity index (χ0v) is 10.5. The van der Waals surface area contributed by atoms with Crippen molar-refractivity contribution in [1.29, 1.82) is 0 Å². The fourth-order valence-corrected chi connectivity index (χ4v) is 4.19. The van der Waals surface area contributed by atoms with E-state index >= 15 is 0 Å². The van der Waals surface area contributed by atoms with Gasteiger partial charge in [-0.3, -0.25) is 0 Å². The van der Waals surface area contributed by atoms with Crippen molar-refractivity contribution >= 4 is 5.97 Å². The van der Waals surface area contributed by atoms with Crippen molar-refractivity contribution in [2.45, 2.75) is 45.1 Å². The van der Waals surface area contributed by atoms with Gasteiger partial charge in [-0.2, -0.15) is 0 Å². The van der Waals surface area contributed by atoms with Crippen molar-refractivity contribution in [3.63, 3.8) is 0 Å². The Hall–Kier alpha value is -1.05. The van der Waals surface area contributed by atoms with E-state index in [1.165, 1.54) is 24.8 Å². The molecule has 1 aliphatic heterocycles. The van der Waals surface area contributed by atoms with Gasteiger partial charge in [-0.05, 0) is 37.5 Å². The quantitative estimate of drug-likeness (QED) is 0.364. The molecule has 3 fully saturated rings. The molecule has 2 saturated carbocycles. The lowest BCUT2D eigenvalue weighted by molar-refractivity contribution is -0.145. The van der Waals surface area contributed by atoms with Gasteiger partial charge in [0, 0.05) is 17.4 Å². The van der Waals surface area contributed by atoms with Gasteiger partial charge in [0.25, 0.3) is 0 Å². The van der Waals surface area contributed by atoms with Crippen LogP contribution in [-0.4, -0.2) is 12.1 Å². The van der Waals surface area contributed by atoms with Crippen molar-refractivity contribution < 1.29 is 9.53 Å². The Balaban J connectivity index is 1.98. The van der Waals surface area contributed by atoms with Crippen molar-refractivity contribution in [3.8, 4) is 0 Å². The smallest absolute Gasteiger partial charge is 0.334 e. The summed E-state index contributed by atoms with van der Waals surface area (Å²) >= 11 is 0. The third-order valence-corrected chi connectivity index (χ3v) is 5.14. The Kier molecular flexibility index (Phi) is 2.26. The van der Waals surface area contributed by atoms with Crippen LogP contribution in [0.15, 0.2) is 24.3 Å². The van der Waals surface area contributed by atoms with Crippen LogP contribution in [0.4, 0.5) is 0 Å². The summed E-state index contributed by atoms with van der Waals surface area (Å²) in [5.74, 6) is 0.427. The summed E-state index contributed by atoms with van der Waals surface area (Å²) in [6.07, 6.45) is 5.82. The molecular weight excluding hydrogens is 212 g/mol. The fourth-order valence-electron chi connectivity index (χ4n) is 4.19. The largest absolute Gasteiger partial charge is 0.458 e. The molecule has 0 N–H and O–H groups in total. The molecule has 3 rings (SSSR count). The predicted molar refractivity (Wildman–Crippen MR) is 66.3 cm³/mol. The second-order valence-corrected chi connectivity index (χ2v) is 6.18. The zero-order chi connectivity index (χ0) is 12.2. The molecule has 0 amide bonds. The molecule has 2 aliphatic carbocycles. The molecule has 0 unspecified atom stereocenters. The maximum Gasteiger partial charge on any atom is 0.334 e. The zero-order valence-electron chi connectivity index (χ0n) is 10.5. The average molecular weight is 232 g/mol. The number of fused-ring (bicyclic) bond motifs is 3. The molecular formula is C15H20O2. The number of hydrogen-bond acceptors (Lipinski definition) is 2. The fraction of sp³-hybridized carbons (Fsp3) is 0.667. The number of rotatable bonds is 0. The number of carbonyl (C=O) groups is 1. The highest BCUT2D eigenvalue weighted by atomic mass is 16.6. The topological polar surface area (TPSA) is 26.3 Å². The highest BCUT2D eigenvalue weighted by Gasteiger charge is 2.54. The molecule has 0 aromatic heterocycles. The normalized spacial score (nSPS) is 45.2. The van der Waals surface area contributed by atoms with E-state index in [0.717, 1.165) is 12.8 Å². The van der Waals surface area contributed by atoms with Crippen LogP contribution in [0.2, 0.25) is 0 Å². The van der Waals surface area contributed by atoms with Crippen LogP contribution in [0.25, 0.3) is 0 Å². The first kappa shape index (κ1) is 11.1. The Morgan fingerprint density at radius 2 is 2.12 bits per heavy atom. The van der Waals surface area contributed by atoms with Crippen molar-refractivity contribution in [2.75, 3.05) is 0 Å². The predicted octanol–water partition coefficient (Wildman–Crippen LogP) is 3.24. The third kappa shape index (κ3) is 1.42. The second-order valence-electron chi connectivity index (χ2n) is 6.18. The van der Waals surface area contributed by atoms with Gasteiger partial charge >= 0.3 is 5.97 Å². The van der Waals surface area contributed by atoms with Gasteiger partial charge in [0.1, 0.15) is 6.10 Å². The Morgan fingerprint density at radius 3 is 2.88 bits per heavy atom. The number of ether oxygens (including phenoxy) is 1. The van der Waals surface area contributed by atoms with Gasteiger partial charge < -0.3 is 4.74 Å². The third-order valence-electron chi connectivity index (χ3n) is 5.14. The maximum atomic E-state index is 11.7. The average Bonchev–Trinajstić information content (AvgIpc) is 2.54. The summed E-state index contributed by atoms with van der Waals surface area (Å²) in [5, 5.41) is 0.